The van der Waals surface area contributed by atoms with E-state index in [0.29, 0.717) is 5.39 Å². The fourth-order valence-corrected chi connectivity index (χ4v) is 5.59. The Kier molecular flexibility index (Phi) is 4.60. The minimum Gasteiger partial charge on any atom is -0.388 e. The first-order valence-corrected chi connectivity index (χ1v) is 10.6. The van der Waals surface area contributed by atoms with Crippen molar-refractivity contribution in [3.8, 4) is 0 Å². The number of nitrogens with zero attached hydrogens (tertiary/aromatic N) is 1. The van der Waals surface area contributed by atoms with Crippen LogP contribution in [-0.2, 0) is 10.0 Å². The fraction of sp³-hybridized carbons (Fsp3) is 0.235. The van der Waals surface area contributed by atoms with Gasteiger partial charge in [0, 0.05) is 18.1 Å². The number of β-amino-alcohol motifs (C(OH)–C–C–N with tert-alkyl or cyclic N) is 1. The van der Waals surface area contributed by atoms with E-state index in [1.807, 2.05) is 0 Å². The van der Waals surface area contributed by atoms with Crippen molar-refractivity contribution in [3.05, 3.63) is 52.0 Å². The second-order valence-electron chi connectivity index (χ2n) is 6.41. The van der Waals surface area contributed by atoms with Crippen molar-refractivity contribution in [1.82, 2.24) is 4.98 Å². The van der Waals surface area contributed by atoms with Gasteiger partial charge in [-0.25, -0.2) is 17.2 Å². The summed E-state index contributed by atoms with van der Waals surface area (Å²) < 4.78 is 55.8. The third-order valence-corrected chi connectivity index (χ3v) is 7.35. The first-order valence-electron chi connectivity index (χ1n) is 8.24. The molecular formula is C17H15F2N3O4S2. The number of pyridine rings is 1. The average molecular weight is 427 g/mol. The highest BCUT2D eigenvalue weighted by atomic mass is 32.2. The molecule has 28 heavy (non-hydrogen) atoms. The van der Waals surface area contributed by atoms with Crippen molar-refractivity contribution in [2.75, 3.05) is 22.7 Å². The Morgan fingerprint density at radius 1 is 1.29 bits per heavy atom. The standard InChI is InChI=1S/C17H15F2N3O4S2/c18-11-5-9-1-3-20-16(24)10(9)6-13(11)21-28(25,26)17-14(2-4-27-17)22-7-12(19)15(23)8-22/h1-6,12,15,21,23H,7-8H2,(H,20,24). The lowest BCUT2D eigenvalue weighted by Gasteiger charge is -2.18. The molecular weight excluding hydrogens is 412 g/mol. The molecule has 1 aliphatic rings. The van der Waals surface area contributed by atoms with Crippen LogP contribution in [0.1, 0.15) is 0 Å². The monoisotopic (exact) mass is 427 g/mol. The van der Waals surface area contributed by atoms with E-state index in [4.69, 9.17) is 0 Å². The number of H-pyrrole nitrogens is 1. The smallest absolute Gasteiger partial charge is 0.273 e. The molecule has 0 radical (unpaired) electrons. The van der Waals surface area contributed by atoms with Gasteiger partial charge in [-0.3, -0.25) is 9.52 Å². The summed E-state index contributed by atoms with van der Waals surface area (Å²) in [6, 6.07) is 5.21. The predicted octanol–water partition coefficient (Wildman–Crippen LogP) is 2.05. The van der Waals surface area contributed by atoms with Gasteiger partial charge >= 0.3 is 0 Å². The Labute approximate surface area is 162 Å². The fourth-order valence-electron chi connectivity index (χ4n) is 3.15. The highest BCUT2D eigenvalue weighted by Gasteiger charge is 2.35. The van der Waals surface area contributed by atoms with Crippen molar-refractivity contribution in [2.24, 2.45) is 0 Å². The topological polar surface area (TPSA) is 102 Å². The van der Waals surface area contributed by atoms with Gasteiger partial charge in [0.15, 0.2) is 4.21 Å². The Morgan fingerprint density at radius 2 is 2.07 bits per heavy atom. The van der Waals surface area contributed by atoms with Crippen molar-refractivity contribution in [2.45, 2.75) is 16.5 Å². The summed E-state index contributed by atoms with van der Waals surface area (Å²) in [5, 5.41) is 11.6. The number of sulfonamides is 1. The quantitative estimate of drug-likeness (QED) is 0.592. The number of nitrogens with one attached hydrogen (secondary N) is 2. The molecule has 0 saturated carbocycles. The molecule has 0 bridgehead atoms. The van der Waals surface area contributed by atoms with E-state index in [-0.39, 0.29) is 34.1 Å². The molecule has 3 heterocycles. The number of halogens is 2. The number of thiophene rings is 1. The molecule has 4 rings (SSSR count). The van der Waals surface area contributed by atoms with Crippen LogP contribution >= 0.6 is 11.3 Å². The van der Waals surface area contributed by atoms with E-state index < -0.39 is 33.7 Å². The number of aliphatic hydroxyl groups excluding tert-OH is 1. The van der Waals surface area contributed by atoms with Gasteiger partial charge < -0.3 is 15.0 Å². The van der Waals surface area contributed by atoms with Crippen molar-refractivity contribution < 1.29 is 22.3 Å². The lowest BCUT2D eigenvalue weighted by atomic mass is 10.1. The van der Waals surface area contributed by atoms with Gasteiger partial charge in [0.1, 0.15) is 18.1 Å². The van der Waals surface area contributed by atoms with Gasteiger partial charge in [-0.2, -0.15) is 0 Å². The molecule has 2 unspecified atom stereocenters. The molecule has 1 saturated heterocycles. The summed E-state index contributed by atoms with van der Waals surface area (Å²) in [5.41, 5.74) is -0.612. The number of aliphatic hydroxyl groups is 1. The molecule has 1 aliphatic heterocycles. The van der Waals surface area contributed by atoms with Crippen LogP contribution in [-0.4, -0.2) is 43.9 Å². The number of alkyl halides is 1. The highest BCUT2D eigenvalue weighted by molar-refractivity contribution is 7.94. The summed E-state index contributed by atoms with van der Waals surface area (Å²) in [6.07, 6.45) is -1.31. The van der Waals surface area contributed by atoms with Crippen LogP contribution in [0.25, 0.3) is 10.8 Å². The third kappa shape index (κ3) is 3.25. The van der Waals surface area contributed by atoms with E-state index >= 15 is 0 Å². The van der Waals surface area contributed by atoms with Crippen LogP contribution in [0, 0.1) is 5.82 Å². The average Bonchev–Trinajstić information content (AvgIpc) is 3.24. The molecule has 2 atom stereocenters. The number of fused-ring (bicyclic) bond motifs is 1. The van der Waals surface area contributed by atoms with Crippen molar-refractivity contribution in [1.29, 1.82) is 0 Å². The van der Waals surface area contributed by atoms with Crippen LogP contribution in [0.5, 0.6) is 0 Å². The lowest BCUT2D eigenvalue weighted by molar-refractivity contribution is 0.118. The second kappa shape index (κ2) is 6.83. The Hall–Kier alpha value is -2.50. The Balaban J connectivity index is 1.71. The minimum atomic E-state index is -4.21. The maximum atomic E-state index is 14.4. The molecule has 3 aromatic rings. The Morgan fingerprint density at radius 3 is 2.79 bits per heavy atom. The molecule has 148 valence electrons. The summed E-state index contributed by atoms with van der Waals surface area (Å²) in [4.78, 5) is 15.8. The molecule has 0 aliphatic carbocycles. The van der Waals surface area contributed by atoms with Crippen LogP contribution in [0.2, 0.25) is 0 Å². The van der Waals surface area contributed by atoms with Crippen LogP contribution in [0.4, 0.5) is 20.2 Å². The third-order valence-electron chi connectivity index (χ3n) is 4.52. The molecule has 0 spiro atoms. The number of rotatable bonds is 4. The van der Waals surface area contributed by atoms with Gasteiger partial charge in [-0.15, -0.1) is 11.3 Å². The normalized spacial score (nSPS) is 20.0. The SMILES string of the molecule is O=c1[nH]ccc2cc(F)c(NS(=O)(=O)c3sccc3N3CC(O)C(F)C3)cc12. The highest BCUT2D eigenvalue weighted by Crippen LogP contribution is 2.35. The lowest BCUT2D eigenvalue weighted by Crippen LogP contribution is -2.23. The first kappa shape index (κ1) is 18.8. The van der Waals surface area contributed by atoms with Crippen LogP contribution < -0.4 is 15.2 Å². The van der Waals surface area contributed by atoms with Gasteiger partial charge in [0.2, 0.25) is 0 Å². The van der Waals surface area contributed by atoms with Crippen LogP contribution in [0.15, 0.2) is 44.8 Å². The van der Waals surface area contributed by atoms with E-state index in [2.05, 4.69) is 9.71 Å². The molecule has 11 heteroatoms. The molecule has 1 aromatic carbocycles. The van der Waals surface area contributed by atoms with Crippen LogP contribution in [0.3, 0.4) is 0 Å². The summed E-state index contributed by atoms with van der Waals surface area (Å²) in [5.74, 6) is -0.833. The van der Waals surface area contributed by atoms with Crippen molar-refractivity contribution >= 4 is 43.5 Å². The Bertz CT molecular complexity index is 1200. The number of anilines is 2. The van der Waals surface area contributed by atoms with Gasteiger partial charge in [0.25, 0.3) is 15.6 Å². The maximum absolute atomic E-state index is 14.4. The maximum Gasteiger partial charge on any atom is 0.273 e. The van der Waals surface area contributed by atoms with Crippen molar-refractivity contribution in [3.63, 3.8) is 0 Å². The predicted molar refractivity (Wildman–Crippen MR) is 103 cm³/mol. The first-order chi connectivity index (χ1) is 13.3. The van der Waals surface area contributed by atoms with E-state index in [1.165, 1.54) is 28.6 Å². The summed E-state index contributed by atoms with van der Waals surface area (Å²) >= 11 is 0.891. The molecule has 7 nitrogen and oxygen atoms in total. The van der Waals surface area contributed by atoms with E-state index in [0.717, 1.165) is 23.5 Å². The number of hydrogen-bond donors (Lipinski definition) is 3. The number of hydrogen-bond acceptors (Lipinski definition) is 6. The molecule has 3 N–H and O–H groups in total. The van der Waals surface area contributed by atoms with E-state index in [1.54, 1.807) is 0 Å². The minimum absolute atomic E-state index is 0.0415. The number of benzene rings is 1. The zero-order valence-electron chi connectivity index (χ0n) is 14.2. The van der Waals surface area contributed by atoms with E-state index in [9.17, 15) is 27.1 Å². The summed E-state index contributed by atoms with van der Waals surface area (Å²) in [6.45, 7) is -0.180. The molecule has 0 amide bonds. The van der Waals surface area contributed by atoms with Gasteiger partial charge in [0.05, 0.1) is 17.9 Å². The van der Waals surface area contributed by atoms with Gasteiger partial charge in [-0.05, 0) is 35.0 Å². The zero-order chi connectivity index (χ0) is 20.1. The largest absolute Gasteiger partial charge is 0.388 e. The zero-order valence-corrected chi connectivity index (χ0v) is 15.9. The molecule has 1 fully saturated rings. The number of aromatic nitrogens is 1. The second-order valence-corrected chi connectivity index (χ2v) is 9.21. The van der Waals surface area contributed by atoms with Gasteiger partial charge in [-0.1, -0.05) is 0 Å². The molecule has 2 aromatic heterocycles. The summed E-state index contributed by atoms with van der Waals surface area (Å²) in [7, 11) is -4.21. The number of aromatic amines is 1.